The Bertz CT molecular complexity index is 1390. The first-order valence-corrected chi connectivity index (χ1v) is 17.0. The van der Waals surface area contributed by atoms with Crippen LogP contribution in [-0.2, 0) is 32.5 Å². The molecule has 0 saturated heterocycles. The van der Waals surface area contributed by atoms with Gasteiger partial charge in [0.2, 0.25) is 0 Å². The molecule has 0 aromatic heterocycles. The molecule has 3 aromatic carbocycles. The van der Waals surface area contributed by atoms with Gasteiger partial charge in [0, 0.05) is 0 Å². The third kappa shape index (κ3) is 8.64. The summed E-state index contributed by atoms with van der Waals surface area (Å²) in [5.74, 6) is 0. The summed E-state index contributed by atoms with van der Waals surface area (Å²) < 4.78 is 0. The molecule has 0 bridgehead atoms. The minimum absolute atomic E-state index is 0. The Morgan fingerprint density at radius 2 is 0.841 bits per heavy atom. The molecule has 0 N–H and O–H groups in total. The summed E-state index contributed by atoms with van der Waals surface area (Å²) in [6, 6.07) is 22.2. The summed E-state index contributed by atoms with van der Waals surface area (Å²) in [5, 5.41) is 5.89. The van der Waals surface area contributed by atoms with Crippen LogP contribution >= 0.6 is 0 Å². The SMILES string of the molecule is Cc1cc(C)cc([Si](C2=[C-]CC=C2C(C)(C)C)(c2cc(C)cc(C)c2)c2cc(C(C)(C)C)cc(C(C)(C)C)c2)c1.[Cl-].[Cl-].[Cl-].[Ti+4]. The standard InChI is InChI=1S/C39H51Si.3ClH.Ti/c1-26-17-27(2)20-32(19-26)40(33-21-28(3)18-29(4)22-33,36-16-14-15-35(36)39(11,12)13)34-24-30(37(5,6)7)23-31(25-34)38(8,9)10;;;;/h15,17-25H,14H2,1-13H3;3*1H;/q-1;;;;+4/p-3. The maximum atomic E-state index is 4.03. The Labute approximate surface area is 304 Å². The van der Waals surface area contributed by atoms with Crippen LogP contribution in [0.2, 0.25) is 0 Å². The van der Waals surface area contributed by atoms with Gasteiger partial charge in [-0.3, -0.25) is 6.08 Å². The van der Waals surface area contributed by atoms with Crippen LogP contribution in [0.15, 0.2) is 71.4 Å². The summed E-state index contributed by atoms with van der Waals surface area (Å²) in [6.07, 6.45) is 7.37. The topological polar surface area (TPSA) is 0 Å². The molecule has 0 fully saturated rings. The van der Waals surface area contributed by atoms with Gasteiger partial charge < -0.3 is 37.2 Å². The van der Waals surface area contributed by atoms with Crippen molar-refractivity contribution in [3.63, 3.8) is 0 Å². The van der Waals surface area contributed by atoms with Gasteiger partial charge in [-0.15, -0.1) is 6.42 Å². The molecule has 44 heavy (non-hydrogen) atoms. The van der Waals surface area contributed by atoms with E-state index in [1.165, 1.54) is 59.7 Å². The van der Waals surface area contributed by atoms with Crippen molar-refractivity contribution in [3.05, 3.63) is 111 Å². The molecule has 0 unspecified atom stereocenters. The molecule has 0 radical (unpaired) electrons. The molecule has 1 aliphatic carbocycles. The second-order valence-electron chi connectivity index (χ2n) is 15.4. The Hall–Kier alpha value is -1.06. The Morgan fingerprint density at radius 3 is 1.16 bits per heavy atom. The third-order valence-corrected chi connectivity index (χ3v) is 13.1. The maximum Gasteiger partial charge on any atom is 4.00 e. The summed E-state index contributed by atoms with van der Waals surface area (Å²) in [7, 11) is -2.77. The molecule has 236 valence electrons. The first-order chi connectivity index (χ1) is 18.3. The van der Waals surface area contributed by atoms with Crippen molar-refractivity contribution in [2.75, 3.05) is 0 Å². The molecule has 0 heterocycles. The fourth-order valence-electron chi connectivity index (χ4n) is 6.49. The number of hydrogen-bond acceptors (Lipinski definition) is 0. The molecule has 0 spiro atoms. The van der Waals surface area contributed by atoms with Crippen LogP contribution in [0.25, 0.3) is 0 Å². The van der Waals surface area contributed by atoms with Crippen molar-refractivity contribution in [3.8, 4) is 0 Å². The van der Waals surface area contributed by atoms with E-state index in [1.807, 2.05) is 0 Å². The van der Waals surface area contributed by atoms with E-state index in [0.717, 1.165) is 6.42 Å². The maximum absolute atomic E-state index is 4.03. The Morgan fingerprint density at radius 1 is 0.500 bits per heavy atom. The van der Waals surface area contributed by atoms with Gasteiger partial charge in [-0.2, -0.15) is 11.6 Å². The van der Waals surface area contributed by atoms with Gasteiger partial charge in [-0.25, -0.2) is 5.20 Å². The van der Waals surface area contributed by atoms with Gasteiger partial charge in [-0.1, -0.05) is 145 Å². The molecule has 0 saturated carbocycles. The smallest absolute Gasteiger partial charge is 1.00 e. The predicted octanol–water partition coefficient (Wildman–Crippen LogP) is -0.360. The van der Waals surface area contributed by atoms with Crippen LogP contribution in [-0.4, -0.2) is 8.07 Å². The molecule has 3 aromatic rings. The normalized spacial score (nSPS) is 13.5. The van der Waals surface area contributed by atoms with Crippen LogP contribution in [0.5, 0.6) is 0 Å². The molecule has 0 amide bonds. The molecular formula is C39H51Cl3SiTi. The summed E-state index contributed by atoms with van der Waals surface area (Å²) >= 11 is 0. The quantitative estimate of drug-likeness (QED) is 0.198. The van der Waals surface area contributed by atoms with Crippen molar-refractivity contribution in [1.29, 1.82) is 0 Å². The van der Waals surface area contributed by atoms with Crippen LogP contribution < -0.4 is 52.8 Å². The van der Waals surface area contributed by atoms with Gasteiger partial charge in [0.1, 0.15) is 8.07 Å². The van der Waals surface area contributed by atoms with Crippen molar-refractivity contribution >= 4 is 23.6 Å². The number of aryl methyl sites for hydroxylation is 4. The van der Waals surface area contributed by atoms with Crippen LogP contribution in [0, 0.1) is 39.2 Å². The van der Waals surface area contributed by atoms with E-state index in [4.69, 9.17) is 0 Å². The van der Waals surface area contributed by atoms with Gasteiger partial charge in [0.05, 0.1) is 0 Å². The molecule has 5 heteroatoms. The largest absolute Gasteiger partial charge is 4.00 e. The van der Waals surface area contributed by atoms with Crippen molar-refractivity contribution in [2.24, 2.45) is 5.41 Å². The van der Waals surface area contributed by atoms with E-state index >= 15 is 0 Å². The first kappa shape index (κ1) is 42.9. The van der Waals surface area contributed by atoms with E-state index in [-0.39, 0.29) is 75.2 Å². The summed E-state index contributed by atoms with van der Waals surface area (Å²) in [5.41, 5.74) is 9.74. The van der Waals surface area contributed by atoms with Gasteiger partial charge in [-0.05, 0) is 65.2 Å². The average Bonchev–Trinajstić information content (AvgIpc) is 3.28. The zero-order valence-corrected chi connectivity index (χ0v) is 33.9. The number of allylic oxidation sites excluding steroid dienone is 4. The fraction of sp³-hybridized carbons (Fsp3) is 0.436. The number of halogens is 3. The fourth-order valence-corrected chi connectivity index (χ4v) is 12.1. The minimum atomic E-state index is -2.77. The average molecular weight is 702 g/mol. The van der Waals surface area contributed by atoms with E-state index in [0.29, 0.717) is 0 Å². The third-order valence-electron chi connectivity index (χ3n) is 8.44. The predicted molar refractivity (Wildman–Crippen MR) is 179 cm³/mol. The van der Waals surface area contributed by atoms with Crippen LogP contribution in [0.3, 0.4) is 0 Å². The first-order valence-electron chi connectivity index (χ1n) is 15.0. The van der Waals surface area contributed by atoms with E-state index in [9.17, 15) is 0 Å². The van der Waals surface area contributed by atoms with E-state index in [2.05, 4.69) is 157 Å². The van der Waals surface area contributed by atoms with Crippen molar-refractivity contribution < 1.29 is 58.9 Å². The second-order valence-corrected chi connectivity index (χ2v) is 19.2. The van der Waals surface area contributed by atoms with Crippen LogP contribution in [0.1, 0.15) is 102 Å². The monoisotopic (exact) mass is 700 g/mol. The Balaban J connectivity index is 0.00000462. The molecule has 0 nitrogen and oxygen atoms in total. The van der Waals surface area contributed by atoms with Gasteiger partial charge in [0.25, 0.3) is 0 Å². The summed E-state index contributed by atoms with van der Waals surface area (Å²) in [4.78, 5) is 0. The summed E-state index contributed by atoms with van der Waals surface area (Å²) in [6.45, 7) is 30.3. The van der Waals surface area contributed by atoms with E-state index in [1.54, 1.807) is 0 Å². The van der Waals surface area contributed by atoms with E-state index < -0.39 is 8.07 Å². The molecule has 0 atom stereocenters. The molecule has 0 aliphatic heterocycles. The molecule has 4 rings (SSSR count). The van der Waals surface area contributed by atoms with Crippen molar-refractivity contribution in [1.82, 2.24) is 0 Å². The zero-order chi connectivity index (χ0) is 29.8. The molecular weight excluding hydrogens is 651 g/mol. The number of rotatable bonds is 4. The zero-order valence-electron chi connectivity index (χ0n) is 29.1. The van der Waals surface area contributed by atoms with Crippen molar-refractivity contribution in [2.45, 2.75) is 107 Å². The second kappa shape index (κ2) is 15.2. The van der Waals surface area contributed by atoms with Crippen LogP contribution in [0.4, 0.5) is 0 Å². The number of benzene rings is 3. The number of hydrogen-bond donors (Lipinski definition) is 0. The minimum Gasteiger partial charge on any atom is -1.00 e. The van der Waals surface area contributed by atoms with Gasteiger partial charge in [0.15, 0.2) is 0 Å². The Kier molecular flexibility index (Phi) is 14.9. The van der Waals surface area contributed by atoms with Gasteiger partial charge >= 0.3 is 21.7 Å². The molecule has 1 aliphatic rings.